The lowest BCUT2D eigenvalue weighted by Gasteiger charge is -2.06. The van der Waals surface area contributed by atoms with Gasteiger partial charge in [-0.1, -0.05) is 11.6 Å². The molecule has 15 heavy (non-hydrogen) atoms. The third kappa shape index (κ3) is 3.12. The van der Waals surface area contributed by atoms with Crippen molar-refractivity contribution >= 4 is 34.8 Å². The molecule has 1 atom stereocenters. The summed E-state index contributed by atoms with van der Waals surface area (Å²) in [5.41, 5.74) is 0.894. The van der Waals surface area contributed by atoms with Crippen LogP contribution < -0.4 is 5.32 Å². The van der Waals surface area contributed by atoms with Gasteiger partial charge in [0.2, 0.25) is 5.91 Å². The fourth-order valence-electron chi connectivity index (χ4n) is 0.925. The quantitative estimate of drug-likeness (QED) is 0.812. The highest BCUT2D eigenvalue weighted by Crippen LogP contribution is 2.20. The zero-order valence-corrected chi connectivity index (χ0v) is 9.43. The van der Waals surface area contributed by atoms with Crippen LogP contribution in [-0.2, 0) is 4.79 Å². The number of benzene rings is 1. The molecule has 0 fully saturated rings. The molecule has 1 amide bonds. The second-order valence-corrected chi connectivity index (χ2v) is 3.97. The summed E-state index contributed by atoms with van der Waals surface area (Å²) in [5.74, 6) is -0.308. The van der Waals surface area contributed by atoms with E-state index in [1.54, 1.807) is 13.0 Å². The Labute approximate surface area is 97.6 Å². The number of halogens is 2. The SMILES string of the molecule is CC(Cl)C(=O)Nc1ccc(C#N)c(Cl)c1. The molecule has 5 heteroatoms. The van der Waals surface area contributed by atoms with Crippen molar-refractivity contribution < 1.29 is 4.79 Å². The molecule has 1 unspecified atom stereocenters. The van der Waals surface area contributed by atoms with Crippen molar-refractivity contribution in [3.05, 3.63) is 28.8 Å². The lowest BCUT2D eigenvalue weighted by atomic mass is 10.2. The maximum atomic E-state index is 11.2. The van der Waals surface area contributed by atoms with Gasteiger partial charge in [-0.3, -0.25) is 4.79 Å². The van der Waals surface area contributed by atoms with Crippen molar-refractivity contribution in [3.8, 4) is 6.07 Å². The van der Waals surface area contributed by atoms with Crippen molar-refractivity contribution in [2.75, 3.05) is 5.32 Å². The minimum atomic E-state index is -0.612. The van der Waals surface area contributed by atoms with E-state index in [4.69, 9.17) is 28.5 Å². The molecular formula is C10H8Cl2N2O. The van der Waals surface area contributed by atoms with Crippen LogP contribution in [-0.4, -0.2) is 11.3 Å². The Bertz CT molecular complexity index is 424. The van der Waals surface area contributed by atoms with E-state index in [2.05, 4.69) is 5.32 Å². The standard InChI is InChI=1S/C10H8Cl2N2O/c1-6(11)10(15)14-8-3-2-7(5-13)9(12)4-8/h2-4,6H,1H3,(H,14,15). The van der Waals surface area contributed by atoms with E-state index in [0.29, 0.717) is 16.3 Å². The van der Waals surface area contributed by atoms with E-state index < -0.39 is 5.38 Å². The minimum absolute atomic E-state index is 0.303. The molecule has 0 bridgehead atoms. The fraction of sp³-hybridized carbons (Fsp3) is 0.200. The van der Waals surface area contributed by atoms with Crippen LogP contribution in [0.15, 0.2) is 18.2 Å². The number of nitrogens with zero attached hydrogens (tertiary/aromatic N) is 1. The number of nitriles is 1. The molecule has 0 radical (unpaired) electrons. The van der Waals surface area contributed by atoms with Crippen molar-refractivity contribution in [3.63, 3.8) is 0 Å². The maximum absolute atomic E-state index is 11.2. The Morgan fingerprint density at radius 2 is 2.27 bits per heavy atom. The zero-order chi connectivity index (χ0) is 11.4. The summed E-state index contributed by atoms with van der Waals surface area (Å²) in [4.78, 5) is 11.2. The van der Waals surface area contributed by atoms with Crippen molar-refractivity contribution in [1.82, 2.24) is 0 Å². The van der Waals surface area contributed by atoms with Crippen LogP contribution in [0.3, 0.4) is 0 Å². The highest BCUT2D eigenvalue weighted by atomic mass is 35.5. The Morgan fingerprint density at radius 3 is 2.73 bits per heavy atom. The zero-order valence-electron chi connectivity index (χ0n) is 7.92. The fourth-order valence-corrected chi connectivity index (χ4v) is 1.20. The normalized spacial score (nSPS) is 11.6. The van der Waals surface area contributed by atoms with Gasteiger partial charge in [0.1, 0.15) is 11.4 Å². The molecule has 78 valence electrons. The monoisotopic (exact) mass is 242 g/mol. The van der Waals surface area contributed by atoms with E-state index >= 15 is 0 Å². The number of alkyl halides is 1. The van der Waals surface area contributed by atoms with E-state index in [9.17, 15) is 4.79 Å². The third-order valence-electron chi connectivity index (χ3n) is 1.72. The highest BCUT2D eigenvalue weighted by molar-refractivity contribution is 6.33. The van der Waals surface area contributed by atoms with Crippen LogP contribution in [0.2, 0.25) is 5.02 Å². The largest absolute Gasteiger partial charge is 0.325 e. The predicted molar refractivity (Wildman–Crippen MR) is 60.1 cm³/mol. The molecule has 0 aliphatic rings. The average molecular weight is 243 g/mol. The van der Waals surface area contributed by atoms with Crippen molar-refractivity contribution in [1.29, 1.82) is 5.26 Å². The first kappa shape index (κ1) is 11.8. The minimum Gasteiger partial charge on any atom is -0.325 e. The third-order valence-corrected chi connectivity index (χ3v) is 2.23. The summed E-state index contributed by atoms with van der Waals surface area (Å²) in [5, 5.41) is 10.9. The topological polar surface area (TPSA) is 52.9 Å². The number of hydrogen-bond donors (Lipinski definition) is 1. The van der Waals surface area contributed by atoms with Crippen LogP contribution in [0.5, 0.6) is 0 Å². The lowest BCUT2D eigenvalue weighted by Crippen LogP contribution is -2.20. The first-order chi connectivity index (χ1) is 7.04. The molecule has 0 spiro atoms. The molecule has 0 heterocycles. The number of carbonyl (C=O) groups is 1. The summed E-state index contributed by atoms with van der Waals surface area (Å²) in [7, 11) is 0. The molecule has 0 aliphatic carbocycles. The molecule has 0 aromatic heterocycles. The van der Waals surface area contributed by atoms with Crippen LogP contribution in [0.4, 0.5) is 5.69 Å². The van der Waals surface area contributed by atoms with Gasteiger partial charge in [0, 0.05) is 5.69 Å². The van der Waals surface area contributed by atoms with Crippen LogP contribution in [0.25, 0.3) is 0 Å². The van der Waals surface area contributed by atoms with Crippen LogP contribution in [0, 0.1) is 11.3 Å². The summed E-state index contributed by atoms with van der Waals surface area (Å²) in [6.45, 7) is 1.57. The number of carbonyl (C=O) groups excluding carboxylic acids is 1. The Balaban J connectivity index is 2.86. The molecule has 1 N–H and O–H groups in total. The second kappa shape index (κ2) is 5.01. The van der Waals surface area contributed by atoms with Crippen LogP contribution in [0.1, 0.15) is 12.5 Å². The van der Waals surface area contributed by atoms with Gasteiger partial charge in [-0.15, -0.1) is 11.6 Å². The number of amides is 1. The average Bonchev–Trinajstić information content (AvgIpc) is 2.18. The molecule has 3 nitrogen and oxygen atoms in total. The molecule has 0 aliphatic heterocycles. The van der Waals surface area contributed by atoms with Crippen molar-refractivity contribution in [2.45, 2.75) is 12.3 Å². The van der Waals surface area contributed by atoms with Gasteiger partial charge in [-0.2, -0.15) is 5.26 Å². The molecule has 1 aromatic carbocycles. The summed E-state index contributed by atoms with van der Waals surface area (Å²) in [6.07, 6.45) is 0. The number of anilines is 1. The molecule has 0 saturated carbocycles. The van der Waals surface area contributed by atoms with Gasteiger partial charge in [-0.05, 0) is 25.1 Å². The van der Waals surface area contributed by atoms with Gasteiger partial charge in [0.15, 0.2) is 0 Å². The molecule has 0 saturated heterocycles. The van der Waals surface area contributed by atoms with E-state index in [1.807, 2.05) is 6.07 Å². The Kier molecular flexibility index (Phi) is 3.96. The van der Waals surface area contributed by atoms with E-state index in [1.165, 1.54) is 12.1 Å². The van der Waals surface area contributed by atoms with Gasteiger partial charge in [0.25, 0.3) is 0 Å². The first-order valence-corrected chi connectivity index (χ1v) is 5.00. The summed E-state index contributed by atoms with van der Waals surface area (Å²) in [6, 6.07) is 6.58. The van der Waals surface area contributed by atoms with Crippen molar-refractivity contribution in [2.24, 2.45) is 0 Å². The number of nitrogens with one attached hydrogen (secondary N) is 1. The van der Waals surface area contributed by atoms with Gasteiger partial charge >= 0.3 is 0 Å². The van der Waals surface area contributed by atoms with Gasteiger partial charge < -0.3 is 5.32 Å². The number of hydrogen-bond acceptors (Lipinski definition) is 2. The van der Waals surface area contributed by atoms with E-state index in [-0.39, 0.29) is 5.91 Å². The van der Waals surface area contributed by atoms with Crippen LogP contribution >= 0.6 is 23.2 Å². The Hall–Kier alpha value is -1.24. The second-order valence-electron chi connectivity index (χ2n) is 2.91. The molecular weight excluding hydrogens is 235 g/mol. The smallest absolute Gasteiger partial charge is 0.242 e. The maximum Gasteiger partial charge on any atom is 0.242 e. The predicted octanol–water partition coefficient (Wildman–Crippen LogP) is 2.78. The summed E-state index contributed by atoms with van der Waals surface area (Å²) >= 11 is 11.4. The first-order valence-electron chi connectivity index (χ1n) is 4.19. The van der Waals surface area contributed by atoms with Gasteiger partial charge in [-0.25, -0.2) is 0 Å². The highest BCUT2D eigenvalue weighted by Gasteiger charge is 2.09. The molecule has 1 aromatic rings. The van der Waals surface area contributed by atoms with Gasteiger partial charge in [0.05, 0.1) is 10.6 Å². The molecule has 1 rings (SSSR count). The lowest BCUT2D eigenvalue weighted by molar-refractivity contribution is -0.115. The number of rotatable bonds is 2. The Morgan fingerprint density at radius 1 is 1.60 bits per heavy atom. The van der Waals surface area contributed by atoms with E-state index in [0.717, 1.165) is 0 Å². The summed E-state index contributed by atoms with van der Waals surface area (Å²) < 4.78 is 0.